The van der Waals surface area contributed by atoms with Crippen LogP contribution in [0.25, 0.3) is 0 Å². The van der Waals surface area contributed by atoms with E-state index in [1.807, 2.05) is 0 Å². The number of urea groups is 1. The number of rotatable bonds is 5. The van der Waals surface area contributed by atoms with Gasteiger partial charge in [0.1, 0.15) is 23.9 Å². The number of ether oxygens (including phenoxy) is 1. The summed E-state index contributed by atoms with van der Waals surface area (Å²) >= 11 is 12.6. The maximum absolute atomic E-state index is 13.1. The normalized spacial score (nSPS) is 13.3. The molecule has 1 aliphatic heterocycles. The Bertz CT molecular complexity index is 1240. The smallest absolute Gasteiger partial charge is 0.329 e. The van der Waals surface area contributed by atoms with E-state index in [9.17, 15) is 23.9 Å². The molecule has 0 atom stereocenters. The van der Waals surface area contributed by atoms with Crippen molar-refractivity contribution < 1.29 is 28.6 Å². The van der Waals surface area contributed by atoms with Gasteiger partial charge >= 0.3 is 6.03 Å². The van der Waals surface area contributed by atoms with Gasteiger partial charge in [-0.1, -0.05) is 23.2 Å². The number of amides is 3. The molecule has 32 heavy (non-hydrogen) atoms. The summed E-state index contributed by atoms with van der Waals surface area (Å²) in [5, 5.41) is 12.4. The van der Waals surface area contributed by atoms with E-state index in [1.54, 1.807) is 0 Å². The summed E-state index contributed by atoms with van der Waals surface area (Å²) in [6.07, 6.45) is 0. The third-order valence-electron chi connectivity index (χ3n) is 4.63. The van der Waals surface area contributed by atoms with Crippen molar-refractivity contribution in [1.29, 1.82) is 0 Å². The summed E-state index contributed by atoms with van der Waals surface area (Å²) in [5.74, 6) is -1.57. The number of carbonyl (C=O) groups excluding carboxylic acids is 3. The number of benzene rings is 3. The van der Waals surface area contributed by atoms with E-state index < -0.39 is 23.5 Å². The highest BCUT2D eigenvalue weighted by Gasteiger charge is 2.29. The number of ketones is 1. The quantitative estimate of drug-likeness (QED) is 0.404. The number of aromatic hydroxyl groups is 1. The number of hydrogen-bond acceptors (Lipinski definition) is 5. The van der Waals surface area contributed by atoms with Crippen molar-refractivity contribution in [2.75, 3.05) is 11.4 Å². The number of anilines is 1. The summed E-state index contributed by atoms with van der Waals surface area (Å²) in [4.78, 5) is 37.1. The van der Waals surface area contributed by atoms with E-state index in [2.05, 4.69) is 5.32 Å². The van der Waals surface area contributed by atoms with Crippen LogP contribution < -0.4 is 15.0 Å². The van der Waals surface area contributed by atoms with Crippen LogP contribution in [0.3, 0.4) is 0 Å². The van der Waals surface area contributed by atoms with E-state index in [4.69, 9.17) is 27.9 Å². The molecule has 0 unspecified atom stereocenters. The third-order valence-corrected chi connectivity index (χ3v) is 5.19. The van der Waals surface area contributed by atoms with E-state index in [0.717, 1.165) is 12.1 Å². The molecule has 0 saturated carbocycles. The second kappa shape index (κ2) is 8.49. The molecule has 3 amide bonds. The van der Waals surface area contributed by atoms with Gasteiger partial charge in [0.25, 0.3) is 0 Å². The fraction of sp³-hybridized carbons (Fsp3) is 0.0455. The second-order valence-corrected chi connectivity index (χ2v) is 7.61. The van der Waals surface area contributed by atoms with Crippen molar-refractivity contribution in [3.8, 4) is 17.2 Å². The van der Waals surface area contributed by atoms with Gasteiger partial charge in [0.05, 0.1) is 15.6 Å². The predicted octanol–water partition coefficient (Wildman–Crippen LogP) is 4.92. The molecule has 1 saturated heterocycles. The first-order valence-corrected chi connectivity index (χ1v) is 9.90. The standard InChI is InChI=1S/C22H13Cl2FN2O5/c23-16-7-13(27-10-19(29)26-22(27)31)8-17(24)21(16)32-14-5-6-18(28)15(9-14)20(30)11-1-3-12(25)4-2-11/h1-9,28H,10H2,(H,26,29,31). The topological polar surface area (TPSA) is 95.9 Å². The predicted molar refractivity (Wildman–Crippen MR) is 115 cm³/mol. The molecule has 10 heteroatoms. The summed E-state index contributed by atoms with van der Waals surface area (Å²) in [7, 11) is 0. The highest BCUT2D eigenvalue weighted by molar-refractivity contribution is 6.38. The Balaban J connectivity index is 1.62. The van der Waals surface area contributed by atoms with Gasteiger partial charge in [0.15, 0.2) is 11.5 Å². The Morgan fingerprint density at radius 2 is 1.69 bits per heavy atom. The summed E-state index contributed by atoms with van der Waals surface area (Å²) < 4.78 is 18.9. The first-order valence-electron chi connectivity index (χ1n) is 9.14. The molecule has 0 aromatic heterocycles. The summed E-state index contributed by atoms with van der Waals surface area (Å²) in [6, 6.07) is 11.1. The van der Waals surface area contributed by atoms with E-state index >= 15 is 0 Å². The lowest BCUT2D eigenvalue weighted by molar-refractivity contribution is -0.117. The molecule has 2 N–H and O–H groups in total. The Kier molecular flexibility index (Phi) is 5.73. The molecule has 0 spiro atoms. The molecule has 0 bridgehead atoms. The number of halogens is 3. The number of nitrogens with one attached hydrogen (secondary N) is 1. The fourth-order valence-corrected chi connectivity index (χ4v) is 3.64. The minimum absolute atomic E-state index is 0.0499. The van der Waals surface area contributed by atoms with Crippen LogP contribution in [0.5, 0.6) is 17.2 Å². The lowest BCUT2D eigenvalue weighted by Gasteiger charge is -2.17. The van der Waals surface area contributed by atoms with Crippen LogP contribution in [-0.2, 0) is 4.79 Å². The van der Waals surface area contributed by atoms with Gasteiger partial charge in [-0.2, -0.15) is 0 Å². The van der Waals surface area contributed by atoms with Crippen LogP contribution in [0.2, 0.25) is 10.0 Å². The molecule has 162 valence electrons. The van der Waals surface area contributed by atoms with Crippen LogP contribution in [0.15, 0.2) is 54.6 Å². The third kappa shape index (κ3) is 4.23. The number of carbonyl (C=O) groups is 3. The molecule has 3 aromatic rings. The highest BCUT2D eigenvalue weighted by Crippen LogP contribution is 2.41. The van der Waals surface area contributed by atoms with Crippen LogP contribution in [0.1, 0.15) is 15.9 Å². The maximum Gasteiger partial charge on any atom is 0.329 e. The lowest BCUT2D eigenvalue weighted by Crippen LogP contribution is -2.27. The zero-order valence-corrected chi connectivity index (χ0v) is 17.6. The Labute approximate surface area is 190 Å². The molecule has 0 radical (unpaired) electrons. The monoisotopic (exact) mass is 474 g/mol. The van der Waals surface area contributed by atoms with Crippen molar-refractivity contribution in [2.24, 2.45) is 0 Å². The molecular weight excluding hydrogens is 462 g/mol. The van der Waals surface area contributed by atoms with Crippen molar-refractivity contribution in [2.45, 2.75) is 0 Å². The highest BCUT2D eigenvalue weighted by atomic mass is 35.5. The maximum atomic E-state index is 13.1. The van der Waals surface area contributed by atoms with Gasteiger partial charge < -0.3 is 9.84 Å². The van der Waals surface area contributed by atoms with Crippen LogP contribution in [-0.4, -0.2) is 29.4 Å². The first kappa shape index (κ1) is 21.6. The molecule has 1 fully saturated rings. The minimum atomic E-state index is -0.599. The van der Waals surface area contributed by atoms with Crippen molar-refractivity contribution >= 4 is 46.6 Å². The average molecular weight is 475 g/mol. The fourth-order valence-electron chi connectivity index (χ4n) is 3.09. The Hall–Kier alpha value is -3.62. The zero-order chi connectivity index (χ0) is 23.0. The number of nitrogens with zero attached hydrogens (tertiary/aromatic N) is 1. The molecule has 1 heterocycles. The number of hydrogen-bond donors (Lipinski definition) is 2. The van der Waals surface area contributed by atoms with Gasteiger partial charge in [-0.15, -0.1) is 0 Å². The Morgan fingerprint density at radius 1 is 1.03 bits per heavy atom. The SMILES string of the molecule is O=C1CN(c2cc(Cl)c(Oc3ccc(O)c(C(=O)c4ccc(F)cc4)c3)c(Cl)c2)C(=O)N1. The Morgan fingerprint density at radius 3 is 2.28 bits per heavy atom. The van der Waals surface area contributed by atoms with Gasteiger partial charge in [0, 0.05) is 11.3 Å². The van der Waals surface area contributed by atoms with Crippen LogP contribution >= 0.6 is 23.2 Å². The molecular formula is C22H13Cl2FN2O5. The molecule has 0 aliphatic carbocycles. The van der Waals surface area contributed by atoms with Crippen LogP contribution in [0.4, 0.5) is 14.9 Å². The summed E-state index contributed by atoms with van der Waals surface area (Å²) in [5.41, 5.74) is 0.413. The molecule has 3 aromatic carbocycles. The van der Waals surface area contributed by atoms with Crippen molar-refractivity contribution in [3.05, 3.63) is 81.6 Å². The van der Waals surface area contributed by atoms with E-state index in [-0.39, 0.29) is 45.0 Å². The molecule has 7 nitrogen and oxygen atoms in total. The number of imide groups is 1. The van der Waals surface area contributed by atoms with E-state index in [0.29, 0.717) is 5.69 Å². The second-order valence-electron chi connectivity index (χ2n) is 6.80. The first-order chi connectivity index (χ1) is 15.2. The average Bonchev–Trinajstić information content (AvgIpc) is 3.09. The number of phenolic OH excluding ortho intramolecular Hbond substituents is 1. The van der Waals surface area contributed by atoms with Crippen molar-refractivity contribution in [1.82, 2.24) is 5.32 Å². The summed E-state index contributed by atoms with van der Waals surface area (Å²) in [6.45, 7) is -0.168. The molecule has 1 aliphatic rings. The minimum Gasteiger partial charge on any atom is -0.507 e. The lowest BCUT2D eigenvalue weighted by atomic mass is 10.0. The van der Waals surface area contributed by atoms with E-state index in [1.165, 1.54) is 47.4 Å². The largest absolute Gasteiger partial charge is 0.507 e. The molecule has 4 rings (SSSR count). The zero-order valence-electron chi connectivity index (χ0n) is 16.1. The number of phenols is 1. The van der Waals surface area contributed by atoms with Gasteiger partial charge in [0.2, 0.25) is 5.91 Å². The van der Waals surface area contributed by atoms with Crippen molar-refractivity contribution in [3.63, 3.8) is 0 Å². The van der Waals surface area contributed by atoms with Gasteiger partial charge in [-0.05, 0) is 54.6 Å². The van der Waals surface area contributed by atoms with Crippen LogP contribution in [0, 0.1) is 5.82 Å². The van der Waals surface area contributed by atoms with Gasteiger partial charge in [-0.3, -0.25) is 19.8 Å². The van der Waals surface area contributed by atoms with Gasteiger partial charge in [-0.25, -0.2) is 9.18 Å².